The number of carbonyl (C=O) groups is 2. The smallest absolute Gasteiger partial charge is 0.330 e. The summed E-state index contributed by atoms with van der Waals surface area (Å²) >= 11 is 0. The molecule has 0 unspecified atom stereocenters. The van der Waals surface area contributed by atoms with E-state index in [1.54, 1.807) is 26.2 Å². The Balaban J connectivity index is 1.72. The molecular weight excluding hydrogens is 677 g/mol. The van der Waals surface area contributed by atoms with Crippen molar-refractivity contribution in [2.24, 2.45) is 0 Å². The first-order valence-electron chi connectivity index (χ1n) is 17.8. The Morgan fingerprint density at radius 3 is 1.69 bits per heavy atom. The quantitative estimate of drug-likeness (QED) is 0.0563. The average molecular weight is 731 g/mol. The second-order valence-electron chi connectivity index (χ2n) is 14.2. The van der Waals surface area contributed by atoms with Crippen molar-refractivity contribution in [3.63, 3.8) is 0 Å². The Morgan fingerprint density at radius 2 is 1.23 bits per heavy atom. The van der Waals surface area contributed by atoms with Gasteiger partial charge < -0.3 is 32.8 Å². The molecule has 10 heteroatoms. The van der Waals surface area contributed by atoms with Gasteiger partial charge in [0.25, 0.3) is 0 Å². The van der Waals surface area contributed by atoms with E-state index in [4.69, 9.17) is 32.8 Å². The molecule has 1 saturated heterocycles. The van der Waals surface area contributed by atoms with Crippen LogP contribution in [-0.4, -0.2) is 70.6 Å². The molecule has 1 fully saturated rings. The van der Waals surface area contributed by atoms with E-state index in [9.17, 15) is 9.59 Å². The minimum absolute atomic E-state index is 0.187. The van der Waals surface area contributed by atoms with E-state index in [-0.39, 0.29) is 18.3 Å². The summed E-state index contributed by atoms with van der Waals surface area (Å²) in [5.74, 6) is -0.991. The summed E-state index contributed by atoms with van der Waals surface area (Å²) in [5, 5.41) is -0.187. The minimum atomic E-state index is -2.47. The van der Waals surface area contributed by atoms with Crippen molar-refractivity contribution < 1.29 is 42.4 Å². The first-order chi connectivity index (χ1) is 24.9. The van der Waals surface area contributed by atoms with E-state index in [1.807, 2.05) is 91.0 Å². The fourth-order valence-corrected chi connectivity index (χ4v) is 6.55. The van der Waals surface area contributed by atoms with Crippen molar-refractivity contribution in [1.82, 2.24) is 0 Å². The third-order valence-corrected chi connectivity index (χ3v) is 13.7. The molecule has 0 radical (unpaired) electrons. The molecule has 52 heavy (non-hydrogen) atoms. The van der Waals surface area contributed by atoms with Gasteiger partial charge in [-0.15, -0.1) is 0 Å². The summed E-state index contributed by atoms with van der Waals surface area (Å²) in [6.07, 6.45) is 1.22. The van der Waals surface area contributed by atoms with Gasteiger partial charge in [0.2, 0.25) is 0 Å². The van der Waals surface area contributed by atoms with Gasteiger partial charge in [-0.1, -0.05) is 124 Å². The van der Waals surface area contributed by atoms with Crippen molar-refractivity contribution >= 4 is 20.1 Å². The fourth-order valence-electron chi connectivity index (χ4n) is 5.37. The van der Waals surface area contributed by atoms with Crippen molar-refractivity contribution in [1.29, 1.82) is 0 Å². The van der Waals surface area contributed by atoms with E-state index < -0.39 is 56.9 Å². The number of ether oxygens (including phenoxy) is 6. The number of rotatable bonds is 18. The van der Waals surface area contributed by atoms with Gasteiger partial charge in [0.05, 0.1) is 26.4 Å². The number of methoxy groups -OCH3 is 1. The summed E-state index contributed by atoms with van der Waals surface area (Å²) in [7, 11) is -0.901. The molecule has 0 bridgehead atoms. The van der Waals surface area contributed by atoms with E-state index in [0.717, 1.165) is 22.8 Å². The molecule has 9 nitrogen and oxygen atoms in total. The minimum Gasteiger partial charge on any atom is -0.463 e. The van der Waals surface area contributed by atoms with Gasteiger partial charge >= 0.3 is 5.97 Å². The molecule has 1 heterocycles. The summed E-state index contributed by atoms with van der Waals surface area (Å²) in [6, 6.07) is 29.6. The highest BCUT2D eigenvalue weighted by Crippen LogP contribution is 2.38. The average Bonchev–Trinajstić information content (AvgIpc) is 3.14. The Morgan fingerprint density at radius 1 is 0.750 bits per heavy atom. The van der Waals surface area contributed by atoms with Crippen LogP contribution in [0.4, 0.5) is 0 Å². The highest BCUT2D eigenvalue weighted by molar-refractivity contribution is 6.74. The lowest BCUT2D eigenvalue weighted by molar-refractivity contribution is -0.309. The van der Waals surface area contributed by atoms with Crippen LogP contribution in [0.15, 0.2) is 115 Å². The van der Waals surface area contributed by atoms with Crippen LogP contribution in [0.3, 0.4) is 0 Å². The van der Waals surface area contributed by atoms with E-state index in [2.05, 4.69) is 33.9 Å². The first kappa shape index (κ1) is 41.0. The SMILES string of the molecule is CCOC(=O)/C=C/C(=O)[C@H](/C=C/[C@H]1O[C@H](OC)[C@H](OCc2ccccc2)[C@@H](OCc2ccccc2)[C@@H]1OCc1ccccc1)O[Si](C)(C)C(C)(C)C. The summed E-state index contributed by atoms with van der Waals surface area (Å²) < 4.78 is 44.1. The molecule has 3 aromatic carbocycles. The largest absolute Gasteiger partial charge is 0.463 e. The predicted molar refractivity (Wildman–Crippen MR) is 203 cm³/mol. The van der Waals surface area contributed by atoms with Crippen LogP contribution >= 0.6 is 0 Å². The topological polar surface area (TPSA) is 98.8 Å². The van der Waals surface area contributed by atoms with Crippen LogP contribution in [0.1, 0.15) is 44.4 Å². The van der Waals surface area contributed by atoms with Crippen LogP contribution in [0.25, 0.3) is 0 Å². The van der Waals surface area contributed by atoms with E-state index in [0.29, 0.717) is 13.2 Å². The molecule has 0 spiro atoms. The molecule has 0 amide bonds. The standard InChI is InChI=1S/C42H54O9Si/c1-8-46-37(44)27-24-34(43)35(51-52(6,7)42(2,3)4)25-26-36-38(47-28-31-18-12-9-13-19-31)39(48-29-32-20-14-10-15-21-32)40(41(45-5)50-36)49-30-33-22-16-11-17-23-33/h9-27,35-36,38-41H,8,28-30H2,1-7H3/b26-25+,27-24+/t35-,36+,38+,39-,40+,41-/m0/s1. The van der Waals surface area contributed by atoms with Gasteiger partial charge in [-0.25, -0.2) is 4.79 Å². The molecule has 0 N–H and O–H groups in total. The second-order valence-corrected chi connectivity index (χ2v) is 18.9. The van der Waals surface area contributed by atoms with Crippen LogP contribution in [0, 0.1) is 0 Å². The van der Waals surface area contributed by atoms with Crippen molar-refractivity contribution in [2.45, 2.75) is 102 Å². The third kappa shape index (κ3) is 12.2. The van der Waals surface area contributed by atoms with Crippen molar-refractivity contribution in [2.75, 3.05) is 13.7 Å². The van der Waals surface area contributed by atoms with Gasteiger partial charge in [-0.05, 0) is 47.8 Å². The molecule has 0 saturated carbocycles. The Hall–Kier alpha value is -3.74. The number of carbonyl (C=O) groups excluding carboxylic acids is 2. The molecule has 4 rings (SSSR count). The van der Waals surface area contributed by atoms with Gasteiger partial charge in [0.1, 0.15) is 30.5 Å². The zero-order chi connectivity index (χ0) is 37.6. The predicted octanol–water partition coefficient (Wildman–Crippen LogP) is 7.75. The normalized spacial score (nSPS) is 21.7. The molecular formula is C42H54O9Si. The van der Waals surface area contributed by atoms with E-state index >= 15 is 0 Å². The van der Waals surface area contributed by atoms with Crippen LogP contribution in [0.2, 0.25) is 18.1 Å². The molecule has 280 valence electrons. The van der Waals surface area contributed by atoms with Gasteiger partial charge in [-0.2, -0.15) is 0 Å². The molecule has 6 atom stereocenters. The highest BCUT2D eigenvalue weighted by Gasteiger charge is 2.48. The Labute approximate surface area is 310 Å². The summed E-state index contributed by atoms with van der Waals surface area (Å²) in [6.45, 7) is 13.2. The van der Waals surface area contributed by atoms with Crippen molar-refractivity contribution in [3.8, 4) is 0 Å². The van der Waals surface area contributed by atoms with Crippen LogP contribution in [-0.2, 0) is 62.3 Å². The first-order valence-corrected chi connectivity index (χ1v) is 20.7. The highest BCUT2D eigenvalue weighted by atomic mass is 28.4. The summed E-state index contributed by atoms with van der Waals surface area (Å²) in [5.41, 5.74) is 2.95. The molecule has 1 aliphatic heterocycles. The number of hydrogen-bond donors (Lipinski definition) is 0. The number of esters is 1. The Bertz CT molecular complexity index is 1570. The summed E-state index contributed by atoms with van der Waals surface area (Å²) in [4.78, 5) is 25.8. The molecule has 0 aliphatic carbocycles. The lowest BCUT2D eigenvalue weighted by Crippen LogP contribution is -2.60. The van der Waals surface area contributed by atoms with Crippen molar-refractivity contribution in [3.05, 3.63) is 132 Å². The van der Waals surface area contributed by atoms with Gasteiger partial charge in [0.15, 0.2) is 20.4 Å². The van der Waals surface area contributed by atoms with Gasteiger partial charge in [-0.3, -0.25) is 4.79 Å². The second kappa shape index (κ2) is 19.9. The van der Waals surface area contributed by atoms with Crippen LogP contribution in [0.5, 0.6) is 0 Å². The zero-order valence-electron chi connectivity index (χ0n) is 31.4. The number of ketones is 1. The zero-order valence-corrected chi connectivity index (χ0v) is 32.4. The number of benzene rings is 3. The molecule has 0 aromatic heterocycles. The van der Waals surface area contributed by atoms with E-state index in [1.165, 1.54) is 6.08 Å². The maximum absolute atomic E-state index is 13.6. The lowest BCUT2D eigenvalue weighted by atomic mass is 9.96. The lowest BCUT2D eigenvalue weighted by Gasteiger charge is -2.45. The maximum atomic E-state index is 13.6. The van der Waals surface area contributed by atoms with Crippen LogP contribution < -0.4 is 0 Å². The fraction of sp³-hybridized carbons (Fsp3) is 0.429. The maximum Gasteiger partial charge on any atom is 0.330 e. The Kier molecular flexibility index (Phi) is 15.7. The van der Waals surface area contributed by atoms with Gasteiger partial charge in [0, 0.05) is 13.2 Å². The number of hydrogen-bond acceptors (Lipinski definition) is 9. The molecule has 1 aliphatic rings. The monoisotopic (exact) mass is 730 g/mol. The third-order valence-electron chi connectivity index (χ3n) is 9.27. The molecule has 3 aromatic rings.